The zero-order valence-corrected chi connectivity index (χ0v) is 24.3. The molecule has 0 spiro atoms. The second kappa shape index (κ2) is 20.4. The van der Waals surface area contributed by atoms with Crippen LogP contribution in [0.1, 0.15) is 44.1 Å². The van der Waals surface area contributed by atoms with Crippen LogP contribution >= 0.6 is 0 Å². The van der Waals surface area contributed by atoms with Crippen LogP contribution < -0.4 is 27.7 Å². The Kier molecular flexibility index (Phi) is 17.3. The van der Waals surface area contributed by atoms with Crippen molar-refractivity contribution in [1.82, 2.24) is 9.78 Å². The summed E-state index contributed by atoms with van der Waals surface area (Å²) < 4.78 is 6.79. The van der Waals surface area contributed by atoms with Crippen molar-refractivity contribution in [2.45, 2.75) is 63.3 Å². The largest absolute Gasteiger partial charge is 0.480 e. The van der Waals surface area contributed by atoms with E-state index in [1.807, 2.05) is 42.5 Å². The first kappa shape index (κ1) is 37.5. The summed E-state index contributed by atoms with van der Waals surface area (Å²) in [6.45, 7) is 1.66. The molecule has 44 heavy (non-hydrogen) atoms. The Morgan fingerprint density at radius 2 is 1.18 bits per heavy atom. The Balaban J connectivity index is 0.000000402. The van der Waals surface area contributed by atoms with Gasteiger partial charge in [0.15, 0.2) is 0 Å². The van der Waals surface area contributed by atoms with E-state index in [0.717, 1.165) is 36.8 Å². The van der Waals surface area contributed by atoms with E-state index in [2.05, 4.69) is 5.10 Å². The molecule has 0 aliphatic heterocycles. The van der Waals surface area contributed by atoms with Crippen LogP contribution in [0.3, 0.4) is 0 Å². The molecule has 2 unspecified atom stereocenters. The number of rotatable bonds is 16. The topological polar surface area (TPSA) is 280 Å². The van der Waals surface area contributed by atoms with Gasteiger partial charge in [0, 0.05) is 0 Å². The third-order valence-corrected chi connectivity index (χ3v) is 6.05. The molecule has 1 aromatic heterocycles. The Labute approximate surface area is 254 Å². The lowest BCUT2D eigenvalue weighted by Crippen LogP contribution is -2.35. The summed E-state index contributed by atoms with van der Waals surface area (Å²) in [6, 6.07) is 15.3. The number of benzene rings is 2. The SMILES string of the molecule is NCCCCC(N)C(=O)O.NCCCCC(N)C(=O)O.O=C(O)C(Oc1nn(Cc2ccccc2)c2ccccc12)C(=O)O. The Hall–Kier alpha value is -4.57. The molecule has 3 rings (SSSR count). The smallest absolute Gasteiger partial charge is 0.356 e. The molecule has 242 valence electrons. The molecule has 0 fully saturated rings. The lowest BCUT2D eigenvalue weighted by Gasteiger charge is -2.08. The minimum Gasteiger partial charge on any atom is -0.480 e. The van der Waals surface area contributed by atoms with Gasteiger partial charge in [-0.1, -0.05) is 55.3 Å². The van der Waals surface area contributed by atoms with Crippen molar-refractivity contribution >= 4 is 34.8 Å². The van der Waals surface area contributed by atoms with Crippen LogP contribution in [0, 0.1) is 0 Å². The first-order valence-corrected chi connectivity index (χ1v) is 13.9. The molecule has 2 aromatic carbocycles. The van der Waals surface area contributed by atoms with E-state index < -0.39 is 42.1 Å². The maximum Gasteiger partial charge on any atom is 0.356 e. The van der Waals surface area contributed by atoms with Gasteiger partial charge in [0.1, 0.15) is 12.1 Å². The van der Waals surface area contributed by atoms with Crippen molar-refractivity contribution in [2.24, 2.45) is 22.9 Å². The standard InChI is InChI=1S/C17H14N2O5.2C6H14N2O2/c20-16(21)14(17(22)23)24-15-12-8-4-5-9-13(12)19(18-15)10-11-6-2-1-3-7-11;2*7-4-2-1-3-5(8)6(9)10/h1-9,14H,10H2,(H,20,21)(H,22,23);2*5H,1-4,7-8H2,(H,9,10). The van der Waals surface area contributed by atoms with Crippen molar-refractivity contribution in [1.29, 1.82) is 0 Å². The Bertz CT molecular complexity index is 1280. The normalized spacial score (nSPS) is 11.8. The fourth-order valence-electron chi connectivity index (χ4n) is 3.64. The summed E-state index contributed by atoms with van der Waals surface area (Å²) in [5.41, 5.74) is 22.6. The fraction of sp³-hybridized carbons (Fsp3) is 0.414. The van der Waals surface area contributed by atoms with Crippen LogP contribution in [-0.2, 0) is 25.7 Å². The van der Waals surface area contributed by atoms with E-state index in [-0.39, 0.29) is 5.88 Å². The number of carboxylic acids is 4. The zero-order chi connectivity index (χ0) is 33.1. The van der Waals surface area contributed by atoms with Crippen LogP contribution in [0.15, 0.2) is 54.6 Å². The van der Waals surface area contributed by atoms with Gasteiger partial charge in [-0.05, 0) is 56.5 Å². The average molecular weight is 619 g/mol. The summed E-state index contributed by atoms with van der Waals surface area (Å²) in [4.78, 5) is 42.4. The summed E-state index contributed by atoms with van der Waals surface area (Å²) in [7, 11) is 0. The summed E-state index contributed by atoms with van der Waals surface area (Å²) in [5.74, 6) is -5.04. The fourth-order valence-corrected chi connectivity index (χ4v) is 3.64. The highest BCUT2D eigenvalue weighted by Gasteiger charge is 2.30. The number of carbonyl (C=O) groups is 4. The maximum absolute atomic E-state index is 11.0. The summed E-state index contributed by atoms with van der Waals surface area (Å²) >= 11 is 0. The molecule has 1 heterocycles. The van der Waals surface area contributed by atoms with E-state index in [9.17, 15) is 19.2 Å². The van der Waals surface area contributed by atoms with E-state index in [1.165, 1.54) is 0 Å². The predicted octanol–water partition coefficient (Wildman–Crippen LogP) is 1.06. The summed E-state index contributed by atoms with van der Waals surface area (Å²) in [5, 5.41) is 39.4. The molecule has 15 nitrogen and oxygen atoms in total. The lowest BCUT2D eigenvalue weighted by atomic mass is 10.1. The van der Waals surface area contributed by atoms with Crippen LogP contribution in [0.4, 0.5) is 0 Å². The molecule has 3 aromatic rings. The van der Waals surface area contributed by atoms with E-state index in [1.54, 1.807) is 16.8 Å². The third-order valence-electron chi connectivity index (χ3n) is 6.05. The summed E-state index contributed by atoms with van der Waals surface area (Å²) in [6.07, 6.45) is 2.32. The zero-order valence-electron chi connectivity index (χ0n) is 24.3. The molecule has 0 saturated carbocycles. The van der Waals surface area contributed by atoms with Crippen LogP contribution in [0.5, 0.6) is 5.88 Å². The number of carboxylic acid groups (broad SMARTS) is 4. The molecule has 0 aliphatic carbocycles. The molecule has 2 atom stereocenters. The Morgan fingerprint density at radius 1 is 0.705 bits per heavy atom. The first-order valence-electron chi connectivity index (χ1n) is 13.9. The van der Waals surface area contributed by atoms with Gasteiger partial charge in [-0.3, -0.25) is 14.3 Å². The molecule has 0 aliphatic rings. The number of unbranched alkanes of at least 4 members (excludes halogenated alkanes) is 2. The van der Waals surface area contributed by atoms with E-state index >= 15 is 0 Å². The number of para-hydroxylation sites is 1. The number of hydrogen-bond acceptors (Lipinski definition) is 10. The van der Waals surface area contributed by atoms with Crippen molar-refractivity contribution in [3.8, 4) is 5.88 Å². The number of nitrogens with two attached hydrogens (primary N) is 4. The number of nitrogens with zero attached hydrogens (tertiary/aromatic N) is 2. The highest BCUT2D eigenvalue weighted by atomic mass is 16.5. The molecule has 0 radical (unpaired) electrons. The van der Waals surface area contributed by atoms with Gasteiger partial charge < -0.3 is 48.1 Å². The quantitative estimate of drug-likeness (QED) is 0.0823. The van der Waals surface area contributed by atoms with E-state index in [0.29, 0.717) is 37.9 Å². The number of fused-ring (bicyclic) bond motifs is 1. The van der Waals surface area contributed by atoms with Gasteiger partial charge >= 0.3 is 23.9 Å². The molecule has 0 bridgehead atoms. The second-order valence-corrected chi connectivity index (χ2v) is 9.60. The minimum atomic E-state index is -2.01. The highest BCUT2D eigenvalue weighted by Crippen LogP contribution is 2.26. The van der Waals surface area contributed by atoms with Crippen LogP contribution in [0.2, 0.25) is 0 Å². The Morgan fingerprint density at radius 3 is 1.64 bits per heavy atom. The number of ether oxygens (including phenoxy) is 1. The van der Waals surface area contributed by atoms with Crippen molar-refractivity contribution in [2.75, 3.05) is 13.1 Å². The molecule has 0 saturated heterocycles. The molecule has 15 heteroatoms. The van der Waals surface area contributed by atoms with Gasteiger partial charge in [-0.15, -0.1) is 5.10 Å². The highest BCUT2D eigenvalue weighted by molar-refractivity contribution is 5.97. The van der Waals surface area contributed by atoms with Crippen LogP contribution in [0.25, 0.3) is 10.9 Å². The number of hydrogen-bond donors (Lipinski definition) is 8. The van der Waals surface area contributed by atoms with Crippen molar-refractivity contribution in [3.63, 3.8) is 0 Å². The van der Waals surface area contributed by atoms with Gasteiger partial charge in [0.25, 0.3) is 6.10 Å². The lowest BCUT2D eigenvalue weighted by molar-refractivity contribution is -0.159. The maximum atomic E-state index is 11.0. The molecule has 0 amide bonds. The van der Waals surface area contributed by atoms with E-state index in [4.69, 9.17) is 48.1 Å². The number of aliphatic carboxylic acids is 4. The number of aromatic nitrogens is 2. The van der Waals surface area contributed by atoms with Crippen molar-refractivity contribution < 1.29 is 44.3 Å². The van der Waals surface area contributed by atoms with Gasteiger partial charge in [-0.2, -0.15) is 0 Å². The molecular weight excluding hydrogens is 576 g/mol. The monoisotopic (exact) mass is 618 g/mol. The van der Waals surface area contributed by atoms with Crippen LogP contribution in [-0.4, -0.2) is 85.4 Å². The molecule has 12 N–H and O–H groups in total. The minimum absolute atomic E-state index is 0.0173. The van der Waals surface area contributed by atoms with Gasteiger partial charge in [0.2, 0.25) is 5.88 Å². The third kappa shape index (κ3) is 13.6. The van der Waals surface area contributed by atoms with Gasteiger partial charge in [-0.25, -0.2) is 9.59 Å². The average Bonchev–Trinajstić information content (AvgIpc) is 3.33. The van der Waals surface area contributed by atoms with Gasteiger partial charge in [0.05, 0.1) is 17.4 Å². The van der Waals surface area contributed by atoms with Crippen molar-refractivity contribution in [3.05, 3.63) is 60.2 Å². The first-order chi connectivity index (χ1) is 20.9. The molecular formula is C29H42N6O9. The predicted molar refractivity (Wildman–Crippen MR) is 162 cm³/mol. The second-order valence-electron chi connectivity index (χ2n) is 9.60.